The summed E-state index contributed by atoms with van der Waals surface area (Å²) in [6.07, 6.45) is 3.85. The number of hydrogen-bond donors (Lipinski definition) is 2. The van der Waals surface area contributed by atoms with Crippen molar-refractivity contribution in [3.63, 3.8) is 0 Å². The second kappa shape index (κ2) is 6.37. The molecule has 1 aromatic carbocycles. The van der Waals surface area contributed by atoms with Gasteiger partial charge in [-0.3, -0.25) is 11.3 Å². The van der Waals surface area contributed by atoms with Crippen LogP contribution in [0.1, 0.15) is 37.3 Å². The van der Waals surface area contributed by atoms with Gasteiger partial charge < -0.3 is 0 Å². The summed E-state index contributed by atoms with van der Waals surface area (Å²) in [6.45, 7) is 0. The van der Waals surface area contributed by atoms with Crippen LogP contribution in [-0.4, -0.2) is 19.9 Å². The zero-order valence-electron chi connectivity index (χ0n) is 11.9. The van der Waals surface area contributed by atoms with Gasteiger partial charge in [0.2, 0.25) is 0 Å². The Morgan fingerprint density at radius 2 is 1.86 bits per heavy atom. The Labute approximate surface area is 123 Å². The molecule has 3 unspecified atom stereocenters. The summed E-state index contributed by atoms with van der Waals surface area (Å²) >= 11 is 0. The van der Waals surface area contributed by atoms with E-state index in [1.165, 1.54) is 18.4 Å². The fraction of sp³-hybridized carbons (Fsp3) is 0.571. The summed E-state index contributed by atoms with van der Waals surface area (Å²) in [6, 6.07) is 2.81. The maximum Gasteiger partial charge on any atom is 0.150 e. The third kappa shape index (κ3) is 3.99. The van der Waals surface area contributed by atoms with Crippen LogP contribution >= 0.6 is 0 Å². The van der Waals surface area contributed by atoms with Crippen LogP contribution in [0.5, 0.6) is 0 Å². The van der Waals surface area contributed by atoms with Crippen LogP contribution in [0.4, 0.5) is 8.78 Å². The second-order valence-electron chi connectivity index (χ2n) is 5.73. The molecule has 1 aliphatic rings. The van der Waals surface area contributed by atoms with Crippen molar-refractivity contribution in [2.24, 2.45) is 11.8 Å². The maximum absolute atomic E-state index is 13.4. The van der Waals surface area contributed by atoms with Crippen LogP contribution in [0.15, 0.2) is 18.2 Å². The Bertz CT molecular complexity index is 587. The molecule has 0 saturated heterocycles. The number of benzene rings is 1. The van der Waals surface area contributed by atoms with Crippen molar-refractivity contribution < 1.29 is 17.2 Å². The van der Waals surface area contributed by atoms with Gasteiger partial charge in [0.05, 0.1) is 5.25 Å². The second-order valence-corrected chi connectivity index (χ2v) is 8.05. The highest BCUT2D eigenvalue weighted by molar-refractivity contribution is 7.91. The van der Waals surface area contributed by atoms with E-state index in [0.29, 0.717) is 18.4 Å². The van der Waals surface area contributed by atoms with Gasteiger partial charge in [-0.05, 0) is 42.9 Å². The van der Waals surface area contributed by atoms with Gasteiger partial charge in [-0.25, -0.2) is 17.2 Å². The predicted octanol–water partition coefficient (Wildman–Crippen LogP) is 2.07. The topological polar surface area (TPSA) is 72.2 Å². The first-order valence-corrected chi connectivity index (χ1v) is 8.87. The van der Waals surface area contributed by atoms with Crippen molar-refractivity contribution in [3.8, 4) is 0 Å². The molecule has 0 bridgehead atoms. The minimum Gasteiger partial charge on any atom is -0.271 e. The summed E-state index contributed by atoms with van der Waals surface area (Å²) in [7, 11) is -3.12. The number of hydrogen-bond acceptors (Lipinski definition) is 4. The highest BCUT2D eigenvalue weighted by Gasteiger charge is 2.33. The average Bonchev–Trinajstić information content (AvgIpc) is 2.38. The van der Waals surface area contributed by atoms with E-state index in [1.807, 2.05) is 0 Å². The van der Waals surface area contributed by atoms with Gasteiger partial charge in [0.15, 0.2) is 0 Å². The molecular weight excluding hydrogens is 298 g/mol. The Morgan fingerprint density at radius 3 is 2.38 bits per heavy atom. The molecule has 0 aliphatic heterocycles. The molecule has 0 heterocycles. The summed E-state index contributed by atoms with van der Waals surface area (Å²) < 4.78 is 50.1. The molecule has 1 aliphatic carbocycles. The summed E-state index contributed by atoms with van der Waals surface area (Å²) in [5, 5.41) is -0.412. The number of hydrazine groups is 1. The number of nitrogens with two attached hydrogens (primary N) is 1. The Kier molecular flexibility index (Phi) is 4.95. The van der Waals surface area contributed by atoms with E-state index in [0.717, 1.165) is 18.9 Å². The lowest BCUT2D eigenvalue weighted by Gasteiger charge is -2.33. The summed E-state index contributed by atoms with van der Waals surface area (Å²) in [4.78, 5) is 0. The van der Waals surface area contributed by atoms with E-state index >= 15 is 0 Å². The van der Waals surface area contributed by atoms with E-state index < -0.39 is 32.8 Å². The zero-order valence-corrected chi connectivity index (χ0v) is 12.7. The van der Waals surface area contributed by atoms with Gasteiger partial charge in [0, 0.05) is 18.4 Å². The molecule has 21 heavy (non-hydrogen) atoms. The summed E-state index contributed by atoms with van der Waals surface area (Å²) in [5.74, 6) is 4.15. The van der Waals surface area contributed by atoms with Crippen LogP contribution < -0.4 is 11.3 Å². The van der Waals surface area contributed by atoms with Gasteiger partial charge in [0.25, 0.3) is 0 Å². The molecule has 0 radical (unpaired) electrons. The van der Waals surface area contributed by atoms with E-state index in [-0.39, 0.29) is 5.92 Å². The first kappa shape index (κ1) is 16.3. The fourth-order valence-corrected chi connectivity index (χ4v) is 4.32. The van der Waals surface area contributed by atoms with Crippen molar-refractivity contribution in [1.82, 2.24) is 5.43 Å². The van der Waals surface area contributed by atoms with Crippen LogP contribution in [0.25, 0.3) is 0 Å². The molecule has 1 fully saturated rings. The quantitative estimate of drug-likeness (QED) is 0.658. The van der Waals surface area contributed by atoms with Gasteiger partial charge in [-0.1, -0.05) is 6.42 Å². The van der Waals surface area contributed by atoms with Gasteiger partial charge in [-0.2, -0.15) is 0 Å². The standard InChI is InChI=1S/C14H20F2N2O2S/c1-21(19,20)13-4-2-3-9(7-13)14(18-17)10-5-11(15)8-12(16)6-10/h5-6,8-9,13-14,18H,2-4,7,17H2,1H3. The largest absolute Gasteiger partial charge is 0.271 e. The molecule has 3 atom stereocenters. The third-order valence-corrected chi connectivity index (χ3v) is 5.81. The van der Waals surface area contributed by atoms with Gasteiger partial charge in [0.1, 0.15) is 21.5 Å². The normalized spacial score (nSPS) is 24.8. The third-order valence-electron chi connectivity index (χ3n) is 4.17. The fourth-order valence-electron chi connectivity index (χ4n) is 3.13. The Balaban J connectivity index is 2.24. The molecule has 0 spiro atoms. The van der Waals surface area contributed by atoms with E-state index in [2.05, 4.69) is 5.43 Å². The average molecular weight is 318 g/mol. The SMILES string of the molecule is CS(=O)(=O)C1CCCC(C(NN)c2cc(F)cc(F)c2)C1. The molecule has 2 rings (SSSR count). The maximum atomic E-state index is 13.4. The molecule has 1 saturated carbocycles. The van der Waals surface area contributed by atoms with Crippen LogP contribution in [-0.2, 0) is 9.84 Å². The molecular formula is C14H20F2N2O2S. The molecule has 118 valence electrons. The minimum atomic E-state index is -3.12. The molecule has 0 aromatic heterocycles. The van der Waals surface area contributed by atoms with Crippen molar-refractivity contribution in [2.45, 2.75) is 37.0 Å². The van der Waals surface area contributed by atoms with Gasteiger partial charge >= 0.3 is 0 Å². The van der Waals surface area contributed by atoms with Crippen molar-refractivity contribution in [2.75, 3.05) is 6.26 Å². The summed E-state index contributed by atoms with van der Waals surface area (Å²) in [5.41, 5.74) is 3.00. The zero-order chi connectivity index (χ0) is 15.6. The lowest BCUT2D eigenvalue weighted by Crippen LogP contribution is -2.38. The Morgan fingerprint density at radius 1 is 1.24 bits per heavy atom. The monoisotopic (exact) mass is 318 g/mol. The van der Waals surface area contributed by atoms with Gasteiger partial charge in [-0.15, -0.1) is 0 Å². The van der Waals surface area contributed by atoms with Crippen molar-refractivity contribution in [1.29, 1.82) is 0 Å². The Hall–Kier alpha value is -1.05. The smallest absolute Gasteiger partial charge is 0.150 e. The van der Waals surface area contributed by atoms with E-state index in [9.17, 15) is 17.2 Å². The minimum absolute atomic E-state index is 0.0651. The molecule has 3 N–H and O–H groups in total. The van der Waals surface area contributed by atoms with Crippen LogP contribution in [0.2, 0.25) is 0 Å². The number of nitrogens with one attached hydrogen (secondary N) is 1. The van der Waals surface area contributed by atoms with E-state index in [1.54, 1.807) is 0 Å². The first-order valence-electron chi connectivity index (χ1n) is 6.92. The molecule has 0 amide bonds. The molecule has 1 aromatic rings. The van der Waals surface area contributed by atoms with Crippen LogP contribution in [0.3, 0.4) is 0 Å². The van der Waals surface area contributed by atoms with E-state index in [4.69, 9.17) is 5.84 Å². The number of sulfone groups is 1. The molecule has 4 nitrogen and oxygen atoms in total. The van der Waals surface area contributed by atoms with Crippen LogP contribution in [0, 0.1) is 17.6 Å². The lowest BCUT2D eigenvalue weighted by atomic mass is 9.81. The molecule has 7 heteroatoms. The highest BCUT2D eigenvalue weighted by atomic mass is 32.2. The van der Waals surface area contributed by atoms with Crippen molar-refractivity contribution in [3.05, 3.63) is 35.4 Å². The highest BCUT2D eigenvalue weighted by Crippen LogP contribution is 2.36. The first-order chi connectivity index (χ1) is 9.81. The number of rotatable bonds is 4. The predicted molar refractivity (Wildman–Crippen MR) is 77.0 cm³/mol. The van der Waals surface area contributed by atoms with Crippen molar-refractivity contribution >= 4 is 9.84 Å². The number of halogens is 2. The lowest BCUT2D eigenvalue weighted by molar-refractivity contribution is 0.273.